The molecule has 0 bridgehead atoms. The van der Waals surface area contributed by atoms with Crippen LogP contribution in [0.15, 0.2) is 18.2 Å². The molecule has 1 aliphatic rings. The number of hydrogen-bond acceptors (Lipinski definition) is 4. The van der Waals surface area contributed by atoms with Crippen LogP contribution in [0.4, 0.5) is 5.69 Å². The lowest BCUT2D eigenvalue weighted by atomic mass is 10.2. The zero-order valence-corrected chi connectivity index (χ0v) is 11.1. The van der Waals surface area contributed by atoms with Crippen molar-refractivity contribution in [2.24, 2.45) is 0 Å². The molecule has 0 spiro atoms. The second-order valence-corrected chi connectivity index (χ2v) is 4.48. The number of piperazine rings is 1. The van der Waals surface area contributed by atoms with Gasteiger partial charge in [-0.3, -0.25) is 14.9 Å². The fourth-order valence-electron chi connectivity index (χ4n) is 1.70. The molecule has 1 atom stereocenters. The van der Waals surface area contributed by atoms with Gasteiger partial charge in [-0.1, -0.05) is 11.6 Å². The fourth-order valence-corrected chi connectivity index (χ4v) is 1.86. The van der Waals surface area contributed by atoms with E-state index in [1.54, 1.807) is 18.2 Å². The fraction of sp³-hybridized carbons (Fsp3) is 0.333. The van der Waals surface area contributed by atoms with Gasteiger partial charge in [0.25, 0.3) is 0 Å². The van der Waals surface area contributed by atoms with E-state index < -0.39 is 6.04 Å². The third kappa shape index (κ3) is 3.36. The number of hydrogen-bond donors (Lipinski definition) is 3. The second-order valence-electron chi connectivity index (χ2n) is 4.07. The van der Waals surface area contributed by atoms with Gasteiger partial charge in [0.15, 0.2) is 0 Å². The average Bonchev–Trinajstić information content (AvgIpc) is 2.42. The number of anilines is 1. The first-order valence-electron chi connectivity index (χ1n) is 5.74. The first kappa shape index (κ1) is 13.6. The van der Waals surface area contributed by atoms with Crippen LogP contribution >= 0.6 is 11.6 Å². The highest BCUT2D eigenvalue weighted by Gasteiger charge is 2.24. The number of carbonyl (C=O) groups is 2. The van der Waals surface area contributed by atoms with Gasteiger partial charge in [-0.25, -0.2) is 0 Å². The van der Waals surface area contributed by atoms with Crippen molar-refractivity contribution in [2.45, 2.75) is 6.04 Å². The van der Waals surface area contributed by atoms with Crippen molar-refractivity contribution in [1.29, 1.82) is 0 Å². The summed E-state index contributed by atoms with van der Waals surface area (Å²) in [7, 11) is 1.53. The zero-order chi connectivity index (χ0) is 13.8. The maximum Gasteiger partial charge on any atom is 0.243 e. The van der Waals surface area contributed by atoms with Gasteiger partial charge in [0.1, 0.15) is 11.8 Å². The van der Waals surface area contributed by atoms with Crippen LogP contribution in [0.1, 0.15) is 0 Å². The molecular formula is C12H14ClN3O3. The van der Waals surface area contributed by atoms with E-state index in [9.17, 15) is 9.59 Å². The third-order valence-corrected chi connectivity index (χ3v) is 3.09. The van der Waals surface area contributed by atoms with Crippen LogP contribution < -0.4 is 20.7 Å². The summed E-state index contributed by atoms with van der Waals surface area (Å²) in [5.74, 6) is 0.225. The lowest BCUT2D eigenvalue weighted by Crippen LogP contribution is -2.56. The summed E-state index contributed by atoms with van der Waals surface area (Å²) in [6, 6.07) is 4.52. The summed E-state index contributed by atoms with van der Waals surface area (Å²) < 4.78 is 5.07. The van der Waals surface area contributed by atoms with Gasteiger partial charge in [0.2, 0.25) is 11.8 Å². The molecule has 1 saturated heterocycles. The lowest BCUT2D eigenvalue weighted by molar-refractivity contribution is -0.124. The Morgan fingerprint density at radius 2 is 2.32 bits per heavy atom. The first-order chi connectivity index (χ1) is 9.10. The predicted molar refractivity (Wildman–Crippen MR) is 71.4 cm³/mol. The molecule has 7 heteroatoms. The molecule has 0 radical (unpaired) electrons. The molecule has 6 nitrogen and oxygen atoms in total. The molecule has 1 heterocycles. The number of nitrogens with one attached hydrogen (secondary N) is 3. The SMILES string of the molecule is COc1ccc(Cl)c(NC(=O)C2CNC(=O)CN2)c1. The monoisotopic (exact) mass is 283 g/mol. The van der Waals surface area contributed by atoms with E-state index >= 15 is 0 Å². The number of methoxy groups -OCH3 is 1. The smallest absolute Gasteiger partial charge is 0.243 e. The Bertz CT molecular complexity index is 497. The van der Waals surface area contributed by atoms with Crippen molar-refractivity contribution < 1.29 is 14.3 Å². The highest BCUT2D eigenvalue weighted by molar-refractivity contribution is 6.33. The summed E-state index contributed by atoms with van der Waals surface area (Å²) in [5, 5.41) is 8.58. The molecule has 1 unspecified atom stereocenters. The normalized spacial score (nSPS) is 18.6. The molecule has 1 aromatic rings. The van der Waals surface area contributed by atoms with E-state index in [4.69, 9.17) is 16.3 Å². The quantitative estimate of drug-likeness (QED) is 0.749. The molecule has 3 N–H and O–H groups in total. The Kier molecular flexibility index (Phi) is 4.24. The number of rotatable bonds is 3. The minimum atomic E-state index is -0.472. The third-order valence-electron chi connectivity index (χ3n) is 2.76. The number of halogens is 1. The summed E-state index contributed by atoms with van der Waals surface area (Å²) in [6.45, 7) is 0.385. The van der Waals surface area contributed by atoms with E-state index in [1.807, 2.05) is 0 Å². The molecule has 1 fully saturated rings. The average molecular weight is 284 g/mol. The zero-order valence-electron chi connectivity index (χ0n) is 10.3. The standard InChI is InChI=1S/C12H14ClN3O3/c1-19-7-2-3-8(13)9(4-7)16-12(18)10-5-15-11(17)6-14-10/h2-4,10,14H,5-6H2,1H3,(H,15,17)(H,16,18). The van der Waals surface area contributed by atoms with Gasteiger partial charge in [0.05, 0.1) is 24.4 Å². The summed E-state index contributed by atoms with van der Waals surface area (Å²) >= 11 is 6.00. The molecule has 1 aromatic carbocycles. The van der Waals surface area contributed by atoms with Crippen LogP contribution in [-0.4, -0.2) is 38.1 Å². The van der Waals surface area contributed by atoms with E-state index in [-0.39, 0.29) is 24.9 Å². The molecule has 19 heavy (non-hydrogen) atoms. The van der Waals surface area contributed by atoms with Crippen LogP contribution in [0.3, 0.4) is 0 Å². The molecule has 2 rings (SSSR count). The second kappa shape index (κ2) is 5.90. The molecule has 0 aliphatic carbocycles. The molecule has 102 valence electrons. The Labute approximate surface area is 115 Å². The minimum absolute atomic E-state index is 0.122. The Balaban J connectivity index is 2.04. The van der Waals surface area contributed by atoms with Crippen LogP contribution in [0.2, 0.25) is 5.02 Å². The Morgan fingerprint density at radius 3 is 2.95 bits per heavy atom. The van der Waals surface area contributed by atoms with Crippen molar-refractivity contribution in [3.8, 4) is 5.75 Å². The van der Waals surface area contributed by atoms with Crippen LogP contribution in [0, 0.1) is 0 Å². The van der Waals surface area contributed by atoms with E-state index in [0.717, 1.165) is 0 Å². The van der Waals surface area contributed by atoms with E-state index in [1.165, 1.54) is 7.11 Å². The van der Waals surface area contributed by atoms with E-state index in [0.29, 0.717) is 16.5 Å². The summed E-state index contributed by atoms with van der Waals surface area (Å²) in [5.41, 5.74) is 0.477. The highest BCUT2D eigenvalue weighted by atomic mass is 35.5. The molecule has 0 saturated carbocycles. The van der Waals surface area contributed by atoms with Gasteiger partial charge in [-0.15, -0.1) is 0 Å². The van der Waals surface area contributed by atoms with Gasteiger partial charge in [0, 0.05) is 12.6 Å². The number of ether oxygens (including phenoxy) is 1. The largest absolute Gasteiger partial charge is 0.497 e. The molecule has 2 amide bonds. The topological polar surface area (TPSA) is 79.5 Å². The van der Waals surface area contributed by atoms with Crippen molar-refractivity contribution in [1.82, 2.24) is 10.6 Å². The first-order valence-corrected chi connectivity index (χ1v) is 6.12. The van der Waals surface area contributed by atoms with Crippen LogP contribution in [-0.2, 0) is 9.59 Å². The minimum Gasteiger partial charge on any atom is -0.497 e. The molecule has 1 aliphatic heterocycles. The maximum absolute atomic E-state index is 12.0. The molecular weight excluding hydrogens is 270 g/mol. The van der Waals surface area contributed by atoms with Crippen molar-refractivity contribution >= 4 is 29.1 Å². The van der Waals surface area contributed by atoms with Crippen molar-refractivity contribution in [2.75, 3.05) is 25.5 Å². The Hall–Kier alpha value is -1.79. The van der Waals surface area contributed by atoms with Crippen LogP contribution in [0.25, 0.3) is 0 Å². The highest BCUT2D eigenvalue weighted by Crippen LogP contribution is 2.26. The maximum atomic E-state index is 12.0. The Morgan fingerprint density at radius 1 is 1.53 bits per heavy atom. The summed E-state index contributed by atoms with van der Waals surface area (Å²) in [4.78, 5) is 23.0. The lowest BCUT2D eigenvalue weighted by Gasteiger charge is -2.23. The van der Waals surface area contributed by atoms with Gasteiger partial charge >= 0.3 is 0 Å². The number of carbonyl (C=O) groups excluding carboxylic acids is 2. The van der Waals surface area contributed by atoms with Crippen molar-refractivity contribution in [3.05, 3.63) is 23.2 Å². The number of benzene rings is 1. The van der Waals surface area contributed by atoms with Crippen LogP contribution in [0.5, 0.6) is 5.75 Å². The van der Waals surface area contributed by atoms with Crippen molar-refractivity contribution in [3.63, 3.8) is 0 Å². The van der Waals surface area contributed by atoms with Gasteiger partial charge in [-0.2, -0.15) is 0 Å². The van der Waals surface area contributed by atoms with Gasteiger partial charge < -0.3 is 15.4 Å². The van der Waals surface area contributed by atoms with E-state index in [2.05, 4.69) is 16.0 Å². The predicted octanol–water partition coefficient (Wildman–Crippen LogP) is 0.375. The number of amides is 2. The molecule has 0 aromatic heterocycles. The van der Waals surface area contributed by atoms with Gasteiger partial charge in [-0.05, 0) is 12.1 Å². The summed E-state index contributed by atoms with van der Waals surface area (Å²) in [6.07, 6.45) is 0.